The van der Waals surface area contributed by atoms with E-state index >= 15 is 0 Å². The summed E-state index contributed by atoms with van der Waals surface area (Å²) in [6, 6.07) is 12.2. The maximum atomic E-state index is 13.1. The molecule has 2 aromatic carbocycles. The molecule has 10 heteroatoms. The van der Waals surface area contributed by atoms with E-state index in [2.05, 4.69) is 10.4 Å². The van der Waals surface area contributed by atoms with Crippen molar-refractivity contribution >= 4 is 45.0 Å². The zero-order chi connectivity index (χ0) is 23.6. The molecule has 0 atom stereocenters. The second-order valence-electron chi connectivity index (χ2n) is 8.01. The molecule has 0 spiro atoms. The molecule has 3 aromatic rings. The molecule has 1 amide bonds. The Balaban J connectivity index is 1.55. The van der Waals surface area contributed by atoms with Gasteiger partial charge in [-0.1, -0.05) is 53.9 Å². The molecule has 7 nitrogen and oxygen atoms in total. The average Bonchev–Trinajstić information content (AvgIpc) is 3.22. The molecule has 4 rings (SSSR count). The van der Waals surface area contributed by atoms with Crippen molar-refractivity contribution in [2.75, 3.05) is 18.4 Å². The molecule has 0 unspecified atom stereocenters. The summed E-state index contributed by atoms with van der Waals surface area (Å²) in [5.74, 6) is -0.229. The molecule has 1 N–H and O–H groups in total. The van der Waals surface area contributed by atoms with Crippen LogP contribution in [0.3, 0.4) is 0 Å². The first-order chi connectivity index (χ1) is 15.8. The zero-order valence-electron chi connectivity index (χ0n) is 18.1. The van der Waals surface area contributed by atoms with Crippen molar-refractivity contribution in [3.8, 4) is 0 Å². The lowest BCUT2D eigenvalue weighted by Crippen LogP contribution is -2.35. The predicted octanol–water partition coefficient (Wildman–Crippen LogP) is 4.97. The number of nitrogens with one attached hydrogen (secondary N) is 1. The normalized spacial score (nSPS) is 14.9. The lowest BCUT2D eigenvalue weighted by Gasteiger charge is -2.26. The highest BCUT2D eigenvalue weighted by Gasteiger charge is 2.30. The van der Waals surface area contributed by atoms with E-state index in [-0.39, 0.29) is 20.5 Å². The third-order valence-electron chi connectivity index (χ3n) is 5.67. The van der Waals surface area contributed by atoms with E-state index in [9.17, 15) is 13.2 Å². The molecule has 1 saturated heterocycles. The quantitative estimate of drug-likeness (QED) is 0.511. The Kier molecular flexibility index (Phi) is 7.09. The van der Waals surface area contributed by atoms with Crippen molar-refractivity contribution in [3.05, 3.63) is 75.4 Å². The summed E-state index contributed by atoms with van der Waals surface area (Å²) in [7, 11) is -3.83. The fraction of sp³-hybridized carbons (Fsp3) is 0.304. The molecule has 2 heterocycles. The van der Waals surface area contributed by atoms with E-state index in [4.69, 9.17) is 23.2 Å². The van der Waals surface area contributed by atoms with Crippen LogP contribution in [0.2, 0.25) is 10.0 Å². The van der Waals surface area contributed by atoms with Gasteiger partial charge in [-0.3, -0.25) is 9.48 Å². The van der Waals surface area contributed by atoms with Crippen LogP contribution < -0.4 is 5.32 Å². The average molecular weight is 507 g/mol. The summed E-state index contributed by atoms with van der Waals surface area (Å²) in [6.07, 6.45) is 4.34. The largest absolute Gasteiger partial charge is 0.305 e. The number of carbonyl (C=O) groups is 1. The molecular weight excluding hydrogens is 483 g/mol. The first-order valence-electron chi connectivity index (χ1n) is 10.6. The zero-order valence-corrected chi connectivity index (χ0v) is 20.4. The Hall–Kier alpha value is -2.39. The van der Waals surface area contributed by atoms with Gasteiger partial charge in [-0.25, -0.2) is 8.42 Å². The number of halogens is 2. The monoisotopic (exact) mass is 506 g/mol. The van der Waals surface area contributed by atoms with Gasteiger partial charge in [0.2, 0.25) is 10.0 Å². The van der Waals surface area contributed by atoms with Crippen LogP contribution in [0, 0.1) is 6.92 Å². The lowest BCUT2D eigenvalue weighted by molar-refractivity contribution is 0.102. The Morgan fingerprint density at radius 1 is 1.06 bits per heavy atom. The third-order valence-corrected chi connectivity index (χ3v) is 8.35. The minimum atomic E-state index is -3.83. The summed E-state index contributed by atoms with van der Waals surface area (Å²) in [6.45, 7) is 3.45. The number of benzene rings is 2. The van der Waals surface area contributed by atoms with E-state index in [1.54, 1.807) is 16.9 Å². The van der Waals surface area contributed by atoms with E-state index in [1.165, 1.54) is 16.4 Å². The lowest BCUT2D eigenvalue weighted by atomic mass is 10.1. The highest BCUT2D eigenvalue weighted by atomic mass is 35.5. The molecule has 1 aliphatic rings. The topological polar surface area (TPSA) is 84.3 Å². The second-order valence-corrected chi connectivity index (χ2v) is 10.7. The van der Waals surface area contributed by atoms with E-state index in [0.29, 0.717) is 25.5 Å². The summed E-state index contributed by atoms with van der Waals surface area (Å²) in [5.41, 5.74) is 2.28. The first-order valence-corrected chi connectivity index (χ1v) is 12.8. The number of carbonyl (C=O) groups excluding carboxylic acids is 1. The number of anilines is 1. The van der Waals surface area contributed by atoms with E-state index in [1.807, 2.05) is 31.2 Å². The molecule has 33 heavy (non-hydrogen) atoms. The molecule has 0 bridgehead atoms. The van der Waals surface area contributed by atoms with Gasteiger partial charge in [0.1, 0.15) is 4.90 Å². The van der Waals surface area contributed by atoms with Gasteiger partial charge in [0.05, 0.1) is 22.2 Å². The van der Waals surface area contributed by atoms with Crippen molar-refractivity contribution < 1.29 is 13.2 Å². The molecule has 1 aromatic heterocycles. The van der Waals surface area contributed by atoms with E-state index in [0.717, 1.165) is 30.4 Å². The summed E-state index contributed by atoms with van der Waals surface area (Å²) in [4.78, 5) is 12.8. The Morgan fingerprint density at radius 2 is 1.79 bits per heavy atom. The van der Waals surface area contributed by atoms with Gasteiger partial charge in [0, 0.05) is 25.4 Å². The number of hydrogen-bond acceptors (Lipinski definition) is 4. The van der Waals surface area contributed by atoms with Crippen molar-refractivity contribution in [2.24, 2.45) is 0 Å². The number of amides is 1. The van der Waals surface area contributed by atoms with Gasteiger partial charge in [-0.05, 0) is 43.0 Å². The highest BCUT2D eigenvalue weighted by molar-refractivity contribution is 7.89. The summed E-state index contributed by atoms with van der Waals surface area (Å²) in [5, 5.41) is 7.14. The molecule has 0 aliphatic carbocycles. The molecule has 1 fully saturated rings. The van der Waals surface area contributed by atoms with Crippen LogP contribution in [0.5, 0.6) is 0 Å². The molecule has 1 aliphatic heterocycles. The summed E-state index contributed by atoms with van der Waals surface area (Å²) >= 11 is 12.5. The van der Waals surface area contributed by atoms with Gasteiger partial charge in [-0.2, -0.15) is 9.40 Å². The minimum Gasteiger partial charge on any atom is -0.305 e. The number of nitrogens with zero attached hydrogens (tertiary/aromatic N) is 3. The number of piperidine rings is 1. The standard InChI is InChI=1S/C23H24Cl2N4O3S/c1-16-7-3-4-8-17(16)15-28-12-9-22(27-28)26-23(30)18-13-21(20(25)14-19(18)24)33(31,32)29-10-5-2-6-11-29/h3-4,7-9,12-14H,2,5-6,10-11,15H2,1H3,(H,26,27,30). The Labute approximate surface area is 203 Å². The van der Waals surface area contributed by atoms with Crippen LogP contribution in [0.1, 0.15) is 40.7 Å². The maximum absolute atomic E-state index is 13.1. The Morgan fingerprint density at radius 3 is 2.52 bits per heavy atom. The van der Waals surface area contributed by atoms with Crippen LogP contribution in [-0.4, -0.2) is 41.5 Å². The number of aryl methyl sites for hydroxylation is 1. The second kappa shape index (κ2) is 9.85. The third kappa shape index (κ3) is 5.24. The minimum absolute atomic E-state index is 0.00960. The smallest absolute Gasteiger partial charge is 0.258 e. The van der Waals surface area contributed by atoms with Gasteiger partial charge in [0.25, 0.3) is 5.91 Å². The van der Waals surface area contributed by atoms with E-state index < -0.39 is 15.9 Å². The van der Waals surface area contributed by atoms with Gasteiger partial charge < -0.3 is 5.32 Å². The predicted molar refractivity (Wildman–Crippen MR) is 130 cm³/mol. The van der Waals surface area contributed by atoms with Crippen LogP contribution in [0.25, 0.3) is 0 Å². The highest BCUT2D eigenvalue weighted by Crippen LogP contribution is 2.32. The van der Waals surface area contributed by atoms with Crippen LogP contribution in [0.4, 0.5) is 5.82 Å². The van der Waals surface area contributed by atoms with Gasteiger partial charge in [-0.15, -0.1) is 0 Å². The van der Waals surface area contributed by atoms with Crippen molar-refractivity contribution in [3.63, 3.8) is 0 Å². The fourth-order valence-corrected chi connectivity index (χ4v) is 6.16. The molecule has 0 radical (unpaired) electrons. The van der Waals surface area contributed by atoms with Gasteiger partial charge >= 0.3 is 0 Å². The Bertz CT molecular complexity index is 1280. The maximum Gasteiger partial charge on any atom is 0.258 e. The SMILES string of the molecule is Cc1ccccc1Cn1ccc(NC(=O)c2cc(S(=O)(=O)N3CCCCC3)c(Cl)cc2Cl)n1. The summed E-state index contributed by atoms with van der Waals surface area (Å²) < 4.78 is 29.3. The van der Waals surface area contributed by atoms with Crippen molar-refractivity contribution in [1.29, 1.82) is 0 Å². The molecular formula is C23H24Cl2N4O3S. The molecule has 0 saturated carbocycles. The van der Waals surface area contributed by atoms with Gasteiger partial charge in [0.15, 0.2) is 5.82 Å². The molecule has 174 valence electrons. The number of aromatic nitrogens is 2. The first kappa shape index (κ1) is 23.8. The fourth-order valence-electron chi connectivity index (χ4n) is 3.81. The van der Waals surface area contributed by atoms with Crippen LogP contribution in [-0.2, 0) is 16.6 Å². The van der Waals surface area contributed by atoms with Crippen LogP contribution >= 0.6 is 23.2 Å². The number of sulfonamides is 1. The number of rotatable bonds is 6. The van der Waals surface area contributed by atoms with Crippen molar-refractivity contribution in [1.82, 2.24) is 14.1 Å². The van der Waals surface area contributed by atoms with Crippen molar-refractivity contribution in [2.45, 2.75) is 37.6 Å². The van der Waals surface area contributed by atoms with Crippen LogP contribution in [0.15, 0.2) is 53.6 Å². The number of hydrogen-bond donors (Lipinski definition) is 1.